The fourth-order valence-electron chi connectivity index (χ4n) is 2.06. The summed E-state index contributed by atoms with van der Waals surface area (Å²) < 4.78 is 0. The summed E-state index contributed by atoms with van der Waals surface area (Å²) in [6, 6.07) is 11.7. The molecule has 0 fully saturated rings. The van der Waals surface area contributed by atoms with Crippen LogP contribution in [-0.2, 0) is 13.1 Å². The maximum Gasteiger partial charge on any atom is 0.170 e. The summed E-state index contributed by atoms with van der Waals surface area (Å²) >= 11 is 0. The minimum atomic E-state index is 0.127. The Kier molecular flexibility index (Phi) is 4.68. The molecule has 0 aliphatic heterocycles. The van der Waals surface area contributed by atoms with E-state index in [1.54, 1.807) is 6.20 Å². The van der Waals surface area contributed by atoms with Crippen molar-refractivity contribution in [1.29, 1.82) is 0 Å². The number of benzene rings is 1. The molecule has 2 aromatic rings. The van der Waals surface area contributed by atoms with Crippen LogP contribution in [-0.4, -0.2) is 28.0 Å². The van der Waals surface area contributed by atoms with E-state index in [0.29, 0.717) is 0 Å². The predicted molar refractivity (Wildman–Crippen MR) is 78.4 cm³/mol. The molecule has 1 heterocycles. The van der Waals surface area contributed by atoms with Crippen LogP contribution in [0.1, 0.15) is 16.7 Å². The van der Waals surface area contributed by atoms with Crippen molar-refractivity contribution in [3.8, 4) is 0 Å². The molecule has 5 heteroatoms. The summed E-state index contributed by atoms with van der Waals surface area (Å²) in [6.07, 6.45) is 3.63. The zero-order chi connectivity index (χ0) is 14.4. The third-order valence-electron chi connectivity index (χ3n) is 2.96. The Balaban J connectivity index is 2.03. The minimum absolute atomic E-state index is 0.127. The number of pyridine rings is 1. The Morgan fingerprint density at radius 1 is 1.25 bits per heavy atom. The van der Waals surface area contributed by atoms with E-state index in [9.17, 15) is 0 Å². The molecule has 0 spiro atoms. The second-order valence-corrected chi connectivity index (χ2v) is 4.72. The predicted octanol–water partition coefficient (Wildman–Crippen LogP) is 1.81. The van der Waals surface area contributed by atoms with Crippen LogP contribution in [0.4, 0.5) is 0 Å². The van der Waals surface area contributed by atoms with Crippen molar-refractivity contribution < 1.29 is 5.21 Å². The molecule has 0 aliphatic carbocycles. The average molecular weight is 270 g/mol. The summed E-state index contributed by atoms with van der Waals surface area (Å²) in [5, 5.41) is 11.7. The zero-order valence-electron chi connectivity index (χ0n) is 11.4. The molecule has 0 saturated carbocycles. The maximum atomic E-state index is 8.70. The van der Waals surface area contributed by atoms with Gasteiger partial charge < -0.3 is 10.9 Å². The lowest BCUT2D eigenvalue weighted by Crippen LogP contribution is -2.18. The number of hydrogen-bond acceptors (Lipinski definition) is 4. The van der Waals surface area contributed by atoms with E-state index in [2.05, 4.69) is 21.1 Å². The van der Waals surface area contributed by atoms with Crippen molar-refractivity contribution in [3.63, 3.8) is 0 Å². The third-order valence-corrected chi connectivity index (χ3v) is 2.96. The van der Waals surface area contributed by atoms with Crippen molar-refractivity contribution >= 4 is 5.84 Å². The number of rotatable bonds is 5. The lowest BCUT2D eigenvalue weighted by molar-refractivity contribution is 0.317. The van der Waals surface area contributed by atoms with Gasteiger partial charge >= 0.3 is 0 Å². The van der Waals surface area contributed by atoms with Gasteiger partial charge in [-0.25, -0.2) is 0 Å². The topological polar surface area (TPSA) is 74.7 Å². The maximum absolute atomic E-state index is 8.70. The molecular weight excluding hydrogens is 252 g/mol. The fourth-order valence-corrected chi connectivity index (χ4v) is 2.06. The van der Waals surface area contributed by atoms with Crippen molar-refractivity contribution in [2.45, 2.75) is 13.1 Å². The standard InChI is InChI=1S/C15H18N4O/c1-19(11-13-5-3-7-17-9-13)10-12-4-2-6-14(8-12)15(16)18-20/h2-9,20H,10-11H2,1H3,(H2,16,18). The molecule has 0 amide bonds. The van der Waals surface area contributed by atoms with Gasteiger partial charge in [-0.2, -0.15) is 0 Å². The largest absolute Gasteiger partial charge is 0.409 e. The summed E-state index contributed by atoms with van der Waals surface area (Å²) in [4.78, 5) is 6.29. The molecule has 0 unspecified atom stereocenters. The lowest BCUT2D eigenvalue weighted by atomic mass is 10.1. The second-order valence-electron chi connectivity index (χ2n) is 4.72. The van der Waals surface area contributed by atoms with Gasteiger partial charge in [0.15, 0.2) is 5.84 Å². The highest BCUT2D eigenvalue weighted by Gasteiger charge is 2.04. The second kappa shape index (κ2) is 6.68. The van der Waals surface area contributed by atoms with Crippen molar-refractivity contribution in [2.24, 2.45) is 10.9 Å². The molecule has 1 aromatic carbocycles. The average Bonchev–Trinajstić information content (AvgIpc) is 2.47. The van der Waals surface area contributed by atoms with Crippen LogP contribution in [0.3, 0.4) is 0 Å². The monoisotopic (exact) mass is 270 g/mol. The molecule has 0 atom stereocenters. The number of hydrogen-bond donors (Lipinski definition) is 2. The SMILES string of the molecule is CN(Cc1cccnc1)Cc1cccc(/C(N)=N/O)c1. The zero-order valence-corrected chi connectivity index (χ0v) is 11.4. The van der Waals surface area contributed by atoms with Crippen LogP contribution in [0.25, 0.3) is 0 Å². The minimum Gasteiger partial charge on any atom is -0.409 e. The Morgan fingerprint density at radius 3 is 2.70 bits per heavy atom. The fraction of sp³-hybridized carbons (Fsp3) is 0.200. The molecule has 1 aromatic heterocycles. The van der Waals surface area contributed by atoms with Gasteiger partial charge in [-0.3, -0.25) is 9.88 Å². The van der Waals surface area contributed by atoms with Gasteiger partial charge in [0.2, 0.25) is 0 Å². The molecule has 0 radical (unpaired) electrons. The first-order chi connectivity index (χ1) is 9.69. The molecule has 0 aliphatic rings. The van der Waals surface area contributed by atoms with E-state index in [-0.39, 0.29) is 5.84 Å². The Bertz CT molecular complexity index is 583. The van der Waals surface area contributed by atoms with Crippen molar-refractivity contribution in [1.82, 2.24) is 9.88 Å². The number of aromatic nitrogens is 1. The van der Waals surface area contributed by atoms with E-state index in [1.807, 2.05) is 43.6 Å². The summed E-state index contributed by atoms with van der Waals surface area (Å²) in [5.74, 6) is 0.127. The Morgan fingerprint density at radius 2 is 2.00 bits per heavy atom. The van der Waals surface area contributed by atoms with Gasteiger partial charge in [-0.05, 0) is 30.3 Å². The molecule has 0 saturated heterocycles. The molecule has 0 bridgehead atoms. The summed E-state index contributed by atoms with van der Waals surface area (Å²) in [5.41, 5.74) is 8.60. The van der Waals surface area contributed by atoms with E-state index in [0.717, 1.165) is 24.2 Å². The van der Waals surface area contributed by atoms with Crippen LogP contribution in [0, 0.1) is 0 Å². The smallest absolute Gasteiger partial charge is 0.170 e. The van der Waals surface area contributed by atoms with E-state index < -0.39 is 0 Å². The molecule has 20 heavy (non-hydrogen) atoms. The normalized spacial score (nSPS) is 11.8. The number of amidine groups is 1. The van der Waals surface area contributed by atoms with Gasteiger partial charge in [0.1, 0.15) is 0 Å². The van der Waals surface area contributed by atoms with Gasteiger partial charge in [-0.1, -0.05) is 29.4 Å². The first kappa shape index (κ1) is 14.0. The summed E-state index contributed by atoms with van der Waals surface area (Å²) in [6.45, 7) is 1.60. The molecule has 5 nitrogen and oxygen atoms in total. The van der Waals surface area contributed by atoms with E-state index >= 15 is 0 Å². The van der Waals surface area contributed by atoms with Gasteiger partial charge in [0, 0.05) is 31.0 Å². The highest BCUT2D eigenvalue weighted by atomic mass is 16.4. The van der Waals surface area contributed by atoms with Crippen LogP contribution in [0.5, 0.6) is 0 Å². The number of nitrogens with two attached hydrogens (primary N) is 1. The Hall–Kier alpha value is -2.40. The van der Waals surface area contributed by atoms with Crippen molar-refractivity contribution in [3.05, 3.63) is 65.5 Å². The van der Waals surface area contributed by atoms with Crippen LogP contribution in [0.15, 0.2) is 53.9 Å². The highest BCUT2D eigenvalue weighted by molar-refractivity contribution is 5.97. The molecular formula is C15H18N4O. The third kappa shape index (κ3) is 3.80. The van der Waals surface area contributed by atoms with Crippen molar-refractivity contribution in [2.75, 3.05) is 7.05 Å². The van der Waals surface area contributed by atoms with Crippen LogP contribution < -0.4 is 5.73 Å². The van der Waals surface area contributed by atoms with Gasteiger partial charge in [0.05, 0.1) is 0 Å². The molecule has 104 valence electrons. The van der Waals surface area contributed by atoms with Crippen LogP contribution in [0.2, 0.25) is 0 Å². The number of nitrogens with zero attached hydrogens (tertiary/aromatic N) is 3. The molecule has 2 rings (SSSR count). The first-order valence-electron chi connectivity index (χ1n) is 6.33. The van der Waals surface area contributed by atoms with Gasteiger partial charge in [-0.15, -0.1) is 0 Å². The van der Waals surface area contributed by atoms with E-state index in [4.69, 9.17) is 10.9 Å². The van der Waals surface area contributed by atoms with Gasteiger partial charge in [0.25, 0.3) is 0 Å². The van der Waals surface area contributed by atoms with Crippen LogP contribution >= 0.6 is 0 Å². The first-order valence-corrected chi connectivity index (χ1v) is 6.33. The quantitative estimate of drug-likeness (QED) is 0.376. The lowest BCUT2D eigenvalue weighted by Gasteiger charge is -2.17. The van der Waals surface area contributed by atoms with E-state index in [1.165, 1.54) is 5.56 Å². The Labute approximate surface area is 118 Å². The molecule has 3 N–H and O–H groups in total. The summed E-state index contributed by atoms with van der Waals surface area (Å²) in [7, 11) is 2.04. The highest BCUT2D eigenvalue weighted by Crippen LogP contribution is 2.10. The number of oxime groups is 1.